The molecule has 0 bridgehead atoms. The summed E-state index contributed by atoms with van der Waals surface area (Å²) in [6.07, 6.45) is -0.354. The van der Waals surface area contributed by atoms with Gasteiger partial charge in [0, 0.05) is 6.42 Å². The molecule has 0 spiro atoms. The Morgan fingerprint density at radius 2 is 1.69 bits per heavy atom. The van der Waals surface area contributed by atoms with E-state index in [2.05, 4.69) is 0 Å². The molecule has 0 aromatic heterocycles. The highest BCUT2D eigenvalue weighted by Crippen LogP contribution is 2.28. The number of hydrogen-bond donors (Lipinski definition) is 0. The third-order valence-electron chi connectivity index (χ3n) is 4.61. The topological polar surface area (TPSA) is 74.3 Å². The number of likely N-dealkylation sites (tertiary alicyclic amines) is 1. The van der Waals surface area contributed by atoms with Gasteiger partial charge in [-0.25, -0.2) is 9.18 Å². The molecule has 3 rings (SSSR count). The summed E-state index contributed by atoms with van der Waals surface area (Å²) in [6, 6.07) is 12.1. The lowest BCUT2D eigenvalue weighted by Gasteiger charge is -2.22. The average molecular weight is 403 g/mol. The number of carbonyl (C=O) groups is 2. The van der Waals surface area contributed by atoms with E-state index in [0.29, 0.717) is 11.5 Å². The van der Waals surface area contributed by atoms with Crippen molar-refractivity contribution in [2.75, 3.05) is 27.4 Å². The second-order valence-electron chi connectivity index (χ2n) is 6.43. The van der Waals surface area contributed by atoms with Crippen molar-refractivity contribution in [3.8, 4) is 17.2 Å². The molecule has 0 aliphatic carbocycles. The van der Waals surface area contributed by atoms with Crippen LogP contribution in [0.4, 0.5) is 4.39 Å². The maximum atomic E-state index is 13.9. The first-order valence-corrected chi connectivity index (χ1v) is 9.07. The van der Waals surface area contributed by atoms with Crippen molar-refractivity contribution in [2.45, 2.75) is 18.6 Å². The molecular formula is C21H22FNO6. The van der Waals surface area contributed by atoms with Gasteiger partial charge in [0.15, 0.2) is 29.7 Å². The van der Waals surface area contributed by atoms with Crippen LogP contribution in [0.25, 0.3) is 0 Å². The van der Waals surface area contributed by atoms with Crippen LogP contribution in [0.3, 0.4) is 0 Å². The normalized spacial score (nSPS) is 18.2. The van der Waals surface area contributed by atoms with Crippen molar-refractivity contribution >= 4 is 11.9 Å². The van der Waals surface area contributed by atoms with Crippen molar-refractivity contribution in [1.29, 1.82) is 0 Å². The maximum absolute atomic E-state index is 13.9. The van der Waals surface area contributed by atoms with E-state index < -0.39 is 29.8 Å². The first-order valence-electron chi connectivity index (χ1n) is 9.07. The van der Waals surface area contributed by atoms with Gasteiger partial charge in [0.2, 0.25) is 0 Å². The molecule has 2 unspecified atom stereocenters. The molecule has 154 valence electrons. The zero-order chi connectivity index (χ0) is 20.8. The smallest absolute Gasteiger partial charge is 0.328 e. The third kappa shape index (κ3) is 4.77. The minimum atomic E-state index is -0.828. The number of esters is 1. The monoisotopic (exact) mass is 403 g/mol. The molecule has 0 radical (unpaired) electrons. The predicted molar refractivity (Wildman–Crippen MR) is 101 cm³/mol. The van der Waals surface area contributed by atoms with Crippen molar-refractivity contribution in [1.82, 2.24) is 4.90 Å². The fourth-order valence-corrected chi connectivity index (χ4v) is 3.20. The zero-order valence-corrected chi connectivity index (χ0v) is 16.2. The van der Waals surface area contributed by atoms with Gasteiger partial charge in [0.25, 0.3) is 5.91 Å². The highest BCUT2D eigenvalue weighted by molar-refractivity contribution is 5.86. The van der Waals surface area contributed by atoms with Crippen LogP contribution < -0.4 is 14.2 Å². The molecule has 1 aliphatic rings. The number of halogens is 1. The van der Waals surface area contributed by atoms with Crippen molar-refractivity contribution in [2.24, 2.45) is 0 Å². The summed E-state index contributed by atoms with van der Waals surface area (Å²) < 4.78 is 35.1. The van der Waals surface area contributed by atoms with Crippen LogP contribution in [-0.2, 0) is 14.3 Å². The molecule has 1 fully saturated rings. The van der Waals surface area contributed by atoms with Crippen molar-refractivity contribution in [3.63, 3.8) is 0 Å². The summed E-state index contributed by atoms with van der Waals surface area (Å²) in [6.45, 7) is -0.178. The molecule has 0 saturated carbocycles. The number of benzene rings is 2. The summed E-state index contributed by atoms with van der Waals surface area (Å²) in [5, 5.41) is 0. The molecule has 1 heterocycles. The number of ether oxygens (including phenoxy) is 4. The molecule has 0 N–H and O–H groups in total. The largest absolute Gasteiger partial charge is 0.493 e. The van der Waals surface area contributed by atoms with Gasteiger partial charge in [-0.15, -0.1) is 0 Å². The van der Waals surface area contributed by atoms with E-state index in [1.54, 1.807) is 36.4 Å². The minimum absolute atomic E-state index is 0.0701. The Bertz CT molecular complexity index is 874. The Morgan fingerprint density at radius 1 is 1.03 bits per heavy atom. The molecule has 2 aromatic carbocycles. The van der Waals surface area contributed by atoms with Gasteiger partial charge in [-0.2, -0.15) is 0 Å². The quantitative estimate of drug-likeness (QED) is 0.661. The van der Waals surface area contributed by atoms with Gasteiger partial charge in [-0.05, 0) is 24.3 Å². The van der Waals surface area contributed by atoms with E-state index in [0.717, 1.165) is 0 Å². The summed E-state index contributed by atoms with van der Waals surface area (Å²) in [4.78, 5) is 26.2. The molecule has 8 heteroatoms. The summed E-state index contributed by atoms with van der Waals surface area (Å²) >= 11 is 0. The van der Waals surface area contributed by atoms with E-state index in [4.69, 9.17) is 18.9 Å². The van der Waals surface area contributed by atoms with E-state index in [-0.39, 0.29) is 25.3 Å². The van der Waals surface area contributed by atoms with E-state index >= 15 is 0 Å². The Balaban J connectivity index is 1.69. The zero-order valence-electron chi connectivity index (χ0n) is 16.2. The second-order valence-corrected chi connectivity index (χ2v) is 6.43. The molecule has 1 aliphatic heterocycles. The van der Waals surface area contributed by atoms with E-state index in [1.807, 2.05) is 0 Å². The number of para-hydroxylation sites is 3. The second kappa shape index (κ2) is 9.27. The molecule has 2 atom stereocenters. The Hall–Kier alpha value is -3.29. The van der Waals surface area contributed by atoms with E-state index in [9.17, 15) is 14.0 Å². The van der Waals surface area contributed by atoms with Gasteiger partial charge >= 0.3 is 5.97 Å². The first-order chi connectivity index (χ1) is 14.0. The maximum Gasteiger partial charge on any atom is 0.328 e. The van der Waals surface area contributed by atoms with Crippen LogP contribution in [-0.4, -0.2) is 56.3 Å². The molecular weight excluding hydrogens is 381 g/mol. The molecule has 1 amide bonds. The molecule has 2 aromatic rings. The van der Waals surface area contributed by atoms with Crippen LogP contribution >= 0.6 is 0 Å². The lowest BCUT2D eigenvalue weighted by Crippen LogP contribution is -2.43. The highest BCUT2D eigenvalue weighted by atomic mass is 19.1. The van der Waals surface area contributed by atoms with Crippen LogP contribution in [0.5, 0.6) is 17.2 Å². The van der Waals surface area contributed by atoms with Crippen LogP contribution in [0.1, 0.15) is 6.42 Å². The number of rotatable bonds is 7. The fraction of sp³-hybridized carbons (Fsp3) is 0.333. The third-order valence-corrected chi connectivity index (χ3v) is 4.61. The summed E-state index contributed by atoms with van der Waals surface area (Å²) in [5.41, 5.74) is 0. The fourth-order valence-electron chi connectivity index (χ4n) is 3.20. The lowest BCUT2D eigenvalue weighted by molar-refractivity contribution is -0.151. The van der Waals surface area contributed by atoms with Gasteiger partial charge < -0.3 is 23.8 Å². The molecule has 29 heavy (non-hydrogen) atoms. The predicted octanol–water partition coefficient (Wildman–Crippen LogP) is 2.43. The SMILES string of the molecule is COC(=O)C1CC(Oc2ccccc2F)CN1C(=O)COc1ccccc1OC. The number of nitrogens with zero attached hydrogens (tertiary/aromatic N) is 1. The van der Waals surface area contributed by atoms with Gasteiger partial charge in [-0.1, -0.05) is 24.3 Å². The number of amides is 1. The van der Waals surface area contributed by atoms with Gasteiger partial charge in [0.05, 0.1) is 20.8 Å². The minimum Gasteiger partial charge on any atom is -0.493 e. The molecule has 7 nitrogen and oxygen atoms in total. The molecule has 1 saturated heterocycles. The lowest BCUT2D eigenvalue weighted by atomic mass is 10.2. The van der Waals surface area contributed by atoms with Crippen LogP contribution in [0.2, 0.25) is 0 Å². The van der Waals surface area contributed by atoms with Crippen LogP contribution in [0, 0.1) is 5.82 Å². The summed E-state index contributed by atoms with van der Waals surface area (Å²) in [5.74, 6) is -0.503. The van der Waals surface area contributed by atoms with Gasteiger partial charge in [0.1, 0.15) is 12.1 Å². The van der Waals surface area contributed by atoms with Crippen molar-refractivity contribution < 1.29 is 32.9 Å². The number of methoxy groups -OCH3 is 2. The summed E-state index contributed by atoms with van der Waals surface area (Å²) in [7, 11) is 2.75. The van der Waals surface area contributed by atoms with Gasteiger partial charge in [-0.3, -0.25) is 4.79 Å². The number of carbonyl (C=O) groups excluding carboxylic acids is 2. The van der Waals surface area contributed by atoms with Crippen LogP contribution in [0.15, 0.2) is 48.5 Å². The highest BCUT2D eigenvalue weighted by Gasteiger charge is 2.41. The Labute approximate surface area is 167 Å². The average Bonchev–Trinajstić information content (AvgIpc) is 3.17. The van der Waals surface area contributed by atoms with Crippen molar-refractivity contribution in [3.05, 3.63) is 54.3 Å². The standard InChI is InChI=1S/C21H22FNO6/c1-26-18-9-5-6-10-19(18)28-13-20(24)23-12-14(11-16(23)21(25)27-2)29-17-8-4-3-7-15(17)22/h3-10,14,16H,11-13H2,1-2H3. The van der Waals surface area contributed by atoms with E-state index in [1.165, 1.54) is 31.3 Å². The Morgan fingerprint density at radius 3 is 2.34 bits per heavy atom. The Kier molecular flexibility index (Phi) is 6.54. The first kappa shape index (κ1) is 20.4. The number of hydrogen-bond acceptors (Lipinski definition) is 6.